The van der Waals surface area contributed by atoms with Gasteiger partial charge in [0, 0.05) is 24.7 Å². The van der Waals surface area contributed by atoms with Crippen molar-refractivity contribution in [3.05, 3.63) is 106 Å². The fourth-order valence-corrected chi connectivity index (χ4v) is 4.93. The number of allylic oxidation sites excluding steroid dienone is 3. The molecular weight excluding hydrogens is 499 g/mol. The third-order valence-electron chi connectivity index (χ3n) is 7.62. The Morgan fingerprint density at radius 2 is 1.90 bits per heavy atom. The molecule has 1 aliphatic rings. The van der Waals surface area contributed by atoms with Gasteiger partial charge in [0.2, 0.25) is 0 Å². The van der Waals surface area contributed by atoms with Gasteiger partial charge in [0.15, 0.2) is 17.4 Å². The van der Waals surface area contributed by atoms with Crippen LogP contribution in [0.1, 0.15) is 32.3 Å². The number of benzene rings is 2. The second kappa shape index (κ2) is 12.1. The maximum Gasteiger partial charge on any atom is 0.166 e. The largest absolute Gasteiger partial charge is 0.395 e. The zero-order valence-corrected chi connectivity index (χ0v) is 22.7. The first-order chi connectivity index (χ1) is 18.3. The molecule has 0 aliphatic heterocycles. The van der Waals surface area contributed by atoms with Gasteiger partial charge < -0.3 is 15.1 Å². The van der Waals surface area contributed by atoms with E-state index < -0.39 is 22.9 Å². The number of nitrogens with zero attached hydrogens (tertiary/aromatic N) is 5. The van der Waals surface area contributed by atoms with Gasteiger partial charge in [0.1, 0.15) is 13.9 Å². The molecule has 2 radical (unpaired) electrons. The quantitative estimate of drug-likeness (QED) is 0.103. The molecule has 39 heavy (non-hydrogen) atoms. The van der Waals surface area contributed by atoms with Gasteiger partial charge >= 0.3 is 0 Å². The highest BCUT2D eigenvalue weighted by atomic mass is 19.2. The first kappa shape index (κ1) is 30.0. The van der Waals surface area contributed by atoms with E-state index >= 15 is 0 Å². The number of halogens is 2. The van der Waals surface area contributed by atoms with Crippen molar-refractivity contribution in [1.29, 1.82) is 0 Å². The molecule has 0 bridgehead atoms. The van der Waals surface area contributed by atoms with Gasteiger partial charge in [-0.25, -0.2) is 13.8 Å². The van der Waals surface area contributed by atoms with Crippen molar-refractivity contribution >= 4 is 7.85 Å². The maximum absolute atomic E-state index is 14.5. The third kappa shape index (κ3) is 6.53. The number of azide groups is 1. The van der Waals surface area contributed by atoms with Gasteiger partial charge in [-0.05, 0) is 72.7 Å². The molecule has 0 spiro atoms. The summed E-state index contributed by atoms with van der Waals surface area (Å²) in [5.74, 6) is -1.96. The Balaban J connectivity index is 2.02. The number of rotatable bonds is 10. The Labute approximate surface area is 229 Å². The van der Waals surface area contributed by atoms with Crippen LogP contribution in [0.2, 0.25) is 0 Å². The third-order valence-corrected chi connectivity index (χ3v) is 7.62. The average Bonchev–Trinajstić information content (AvgIpc) is 2.88. The molecule has 0 saturated carbocycles. The van der Waals surface area contributed by atoms with E-state index in [1.807, 2.05) is 18.2 Å². The van der Waals surface area contributed by atoms with Gasteiger partial charge in [0.25, 0.3) is 0 Å². The summed E-state index contributed by atoms with van der Waals surface area (Å²) in [5, 5.41) is 26.3. The van der Waals surface area contributed by atoms with Crippen molar-refractivity contribution in [1.82, 2.24) is 9.91 Å². The molecule has 3 rings (SSSR count). The Bertz CT molecular complexity index is 1310. The predicted octanol–water partition coefficient (Wildman–Crippen LogP) is 5.62. The molecule has 4 unspecified atom stereocenters. The van der Waals surface area contributed by atoms with E-state index in [2.05, 4.69) is 16.7 Å². The number of hydrogen-bond donors (Lipinski definition) is 2. The van der Waals surface area contributed by atoms with Crippen LogP contribution in [-0.2, 0) is 6.42 Å². The molecule has 2 N–H and O–H groups in total. The summed E-state index contributed by atoms with van der Waals surface area (Å²) in [4.78, 5) is 4.39. The summed E-state index contributed by atoms with van der Waals surface area (Å²) < 4.78 is 28.4. The minimum Gasteiger partial charge on any atom is -0.395 e. The number of aliphatic hydroxyl groups is 2. The summed E-state index contributed by atoms with van der Waals surface area (Å²) in [5.41, 5.74) is 8.98. The van der Waals surface area contributed by atoms with E-state index in [-0.39, 0.29) is 17.5 Å². The van der Waals surface area contributed by atoms with E-state index in [9.17, 15) is 19.0 Å². The molecule has 204 valence electrons. The molecule has 10 heteroatoms. The maximum atomic E-state index is 14.5. The lowest BCUT2D eigenvalue weighted by Crippen LogP contribution is -2.58. The van der Waals surface area contributed by atoms with Crippen LogP contribution in [0.4, 0.5) is 8.78 Å². The monoisotopic (exact) mass is 533 g/mol. The van der Waals surface area contributed by atoms with Crippen molar-refractivity contribution in [3.63, 3.8) is 0 Å². The van der Waals surface area contributed by atoms with E-state index in [4.69, 9.17) is 13.4 Å². The molecule has 0 fully saturated rings. The van der Waals surface area contributed by atoms with Crippen molar-refractivity contribution in [2.75, 3.05) is 14.1 Å². The highest BCUT2D eigenvalue weighted by Gasteiger charge is 2.40. The Morgan fingerprint density at radius 1 is 1.21 bits per heavy atom. The van der Waals surface area contributed by atoms with Crippen LogP contribution in [0.3, 0.4) is 0 Å². The van der Waals surface area contributed by atoms with Gasteiger partial charge in [-0.15, -0.1) is 5.53 Å². The molecule has 0 amide bonds. The fraction of sp³-hybridized carbons (Fsp3) is 0.379. The van der Waals surface area contributed by atoms with Crippen molar-refractivity contribution in [2.24, 2.45) is 11.1 Å². The Morgan fingerprint density at radius 3 is 2.54 bits per heavy atom. The zero-order chi connectivity index (χ0) is 29.0. The van der Waals surface area contributed by atoms with E-state index in [1.165, 1.54) is 24.8 Å². The Kier molecular flexibility index (Phi) is 9.28. The lowest BCUT2D eigenvalue weighted by molar-refractivity contribution is -0.155. The highest BCUT2D eigenvalue weighted by Crippen LogP contribution is 2.38. The lowest BCUT2D eigenvalue weighted by atomic mass is 9.74. The fourth-order valence-electron chi connectivity index (χ4n) is 4.93. The number of hydrogen-bond acceptors (Lipinski definition) is 4. The second-order valence-electron chi connectivity index (χ2n) is 10.3. The predicted molar refractivity (Wildman–Crippen MR) is 150 cm³/mol. The molecule has 4 atom stereocenters. The number of likely N-dealkylation sites (N-methyl/N-ethyl adjacent to an activating group) is 1. The van der Waals surface area contributed by atoms with Crippen molar-refractivity contribution in [3.8, 4) is 11.1 Å². The molecule has 0 saturated heterocycles. The van der Waals surface area contributed by atoms with Gasteiger partial charge in [-0.3, -0.25) is 0 Å². The summed E-state index contributed by atoms with van der Waals surface area (Å²) in [6, 6.07) is 11.2. The topological polar surface area (TPSA) is 95.7 Å². The lowest BCUT2D eigenvalue weighted by Gasteiger charge is -2.43. The smallest absolute Gasteiger partial charge is 0.166 e. The zero-order valence-electron chi connectivity index (χ0n) is 22.7. The molecule has 0 heterocycles. The summed E-state index contributed by atoms with van der Waals surface area (Å²) >= 11 is 0. The van der Waals surface area contributed by atoms with Gasteiger partial charge in [0.05, 0.1) is 12.5 Å². The van der Waals surface area contributed by atoms with Gasteiger partial charge in [-0.2, -0.15) is 4.91 Å². The second-order valence-corrected chi connectivity index (χ2v) is 10.3. The van der Waals surface area contributed by atoms with Crippen molar-refractivity contribution < 1.29 is 19.0 Å². The van der Waals surface area contributed by atoms with Crippen LogP contribution in [0.15, 0.2) is 83.8 Å². The average molecular weight is 533 g/mol. The molecule has 7 nitrogen and oxygen atoms in total. The molecule has 2 aromatic carbocycles. The normalized spacial score (nSPS) is 20.6. The van der Waals surface area contributed by atoms with E-state index in [0.29, 0.717) is 24.8 Å². The van der Waals surface area contributed by atoms with Crippen LogP contribution >= 0.6 is 0 Å². The van der Waals surface area contributed by atoms with Crippen LogP contribution in [0, 0.1) is 17.6 Å². The molecular formula is C29H34BF2N5O2. The molecule has 2 aromatic rings. The Hall–Kier alpha value is -3.59. The minimum absolute atomic E-state index is 0.147. The minimum atomic E-state index is -1.87. The summed E-state index contributed by atoms with van der Waals surface area (Å²) in [6.07, 6.45) is 7.12. The standard InChI is InChI=1S/C29H34BF2N5O2/c1-6-22-20(15-16-36(4)29(3,39)28(2,30)38)13-14-26(37(5)35-34-33)24(22)18-19-9-7-10-21(17-19)23-11-8-12-25(31)27(23)32/h6-12,15-17,24,26,38-39H,1,13-14,18H2,2-5H3/b16-15-. The summed E-state index contributed by atoms with van der Waals surface area (Å²) in [6.45, 7) is 6.78. The highest BCUT2D eigenvalue weighted by molar-refractivity contribution is 6.14. The molecule has 1 aliphatic carbocycles. The van der Waals surface area contributed by atoms with Crippen LogP contribution < -0.4 is 0 Å². The van der Waals surface area contributed by atoms with Crippen LogP contribution in [0.5, 0.6) is 0 Å². The van der Waals surface area contributed by atoms with E-state index in [1.54, 1.807) is 49.6 Å². The van der Waals surface area contributed by atoms with Crippen LogP contribution in [0.25, 0.3) is 21.6 Å². The first-order valence-corrected chi connectivity index (χ1v) is 12.6. The molecule has 0 aromatic heterocycles. The first-order valence-electron chi connectivity index (χ1n) is 12.6. The van der Waals surface area contributed by atoms with Crippen LogP contribution in [-0.4, -0.2) is 59.3 Å². The van der Waals surface area contributed by atoms with Gasteiger partial charge in [-0.1, -0.05) is 49.1 Å². The van der Waals surface area contributed by atoms with E-state index in [0.717, 1.165) is 22.8 Å². The van der Waals surface area contributed by atoms with Crippen molar-refractivity contribution in [2.45, 2.75) is 50.4 Å². The summed E-state index contributed by atoms with van der Waals surface area (Å²) in [7, 11) is 9.09. The SMILES string of the molecule is [B]C(C)(O)C(C)(O)N(C)/C=C\C1=C(C=C)C(Cc2cccc(-c3cccc(F)c3F)c2)C(N(C)N=[N+]=[N-])CC1.